The topological polar surface area (TPSA) is 106 Å². The number of aliphatic hydroxyl groups excluding tert-OH is 2. The molecule has 4 amide bonds. The molecule has 2 rings (SSSR count). The zero-order valence-electron chi connectivity index (χ0n) is 15.9. The summed E-state index contributed by atoms with van der Waals surface area (Å²) in [5.41, 5.74) is 0. The van der Waals surface area contributed by atoms with E-state index in [-0.39, 0.29) is 13.5 Å². The van der Waals surface area contributed by atoms with E-state index >= 15 is 0 Å². The number of carbonyl (C=O) groups is 2. The van der Waals surface area contributed by atoms with Crippen LogP contribution in [-0.4, -0.2) is 93.3 Å². The first-order valence-corrected chi connectivity index (χ1v) is 9.13. The monoisotopic (exact) mass is 374 g/mol. The van der Waals surface area contributed by atoms with Crippen LogP contribution in [-0.2, 0) is 9.47 Å². The number of urea groups is 2. The van der Waals surface area contributed by atoms with E-state index < -0.39 is 36.8 Å². The number of amides is 4. The second kappa shape index (κ2) is 8.85. The van der Waals surface area contributed by atoms with Gasteiger partial charge in [0.2, 0.25) is 0 Å². The quantitative estimate of drug-likeness (QED) is 0.579. The van der Waals surface area contributed by atoms with Crippen molar-refractivity contribution < 1.29 is 29.3 Å². The van der Waals surface area contributed by atoms with E-state index in [4.69, 9.17) is 9.47 Å². The third-order valence-electron chi connectivity index (χ3n) is 4.65. The molecular weight excluding hydrogens is 344 g/mol. The maximum Gasteiger partial charge on any atom is 0.327 e. The zero-order valence-corrected chi connectivity index (χ0v) is 15.9. The highest BCUT2D eigenvalue weighted by atomic mass is 16.5. The van der Waals surface area contributed by atoms with Gasteiger partial charge < -0.3 is 19.7 Å². The van der Waals surface area contributed by atoms with E-state index in [1.807, 2.05) is 13.8 Å². The van der Waals surface area contributed by atoms with Crippen LogP contribution in [0.1, 0.15) is 40.5 Å². The van der Waals surface area contributed by atoms with Crippen LogP contribution in [0, 0.1) is 0 Å². The Morgan fingerprint density at radius 2 is 1.19 bits per heavy atom. The fraction of sp³-hybridized carbons (Fsp3) is 0.875. The van der Waals surface area contributed by atoms with E-state index in [9.17, 15) is 19.8 Å². The fourth-order valence-corrected chi connectivity index (χ4v) is 3.30. The summed E-state index contributed by atoms with van der Waals surface area (Å²) in [6.07, 6.45) is -3.09. The lowest BCUT2D eigenvalue weighted by Gasteiger charge is -2.34. The van der Waals surface area contributed by atoms with Crippen LogP contribution in [0.5, 0.6) is 0 Å². The number of hydrogen-bond donors (Lipinski definition) is 2. The molecule has 0 aromatic carbocycles. The van der Waals surface area contributed by atoms with Crippen LogP contribution < -0.4 is 0 Å². The number of aliphatic hydroxyl groups is 2. The Hall–Kier alpha value is -1.62. The van der Waals surface area contributed by atoms with Crippen molar-refractivity contribution in [1.82, 2.24) is 19.6 Å². The maximum atomic E-state index is 12.9. The number of ether oxygens (including phenoxy) is 2. The van der Waals surface area contributed by atoms with E-state index in [2.05, 4.69) is 0 Å². The van der Waals surface area contributed by atoms with E-state index in [0.29, 0.717) is 26.1 Å². The summed E-state index contributed by atoms with van der Waals surface area (Å²) in [5.74, 6) is 0. The van der Waals surface area contributed by atoms with Gasteiger partial charge >= 0.3 is 12.1 Å². The van der Waals surface area contributed by atoms with Crippen molar-refractivity contribution in [2.75, 3.05) is 26.7 Å². The second-order valence-electron chi connectivity index (χ2n) is 6.17. The summed E-state index contributed by atoms with van der Waals surface area (Å²) < 4.78 is 10.8. The number of carbonyl (C=O) groups excluding carboxylic acids is 2. The highest BCUT2D eigenvalue weighted by Crippen LogP contribution is 2.37. The van der Waals surface area contributed by atoms with E-state index in [0.717, 1.165) is 0 Å². The Bertz CT molecular complexity index is 465. The van der Waals surface area contributed by atoms with Crippen molar-refractivity contribution in [2.24, 2.45) is 0 Å². The van der Waals surface area contributed by atoms with Gasteiger partial charge in [-0.2, -0.15) is 0 Å². The van der Waals surface area contributed by atoms with Gasteiger partial charge in [-0.25, -0.2) is 9.59 Å². The minimum absolute atomic E-state index is 0.0185. The van der Waals surface area contributed by atoms with E-state index in [1.54, 1.807) is 13.8 Å². The molecule has 2 N–H and O–H groups in total. The molecule has 2 heterocycles. The summed E-state index contributed by atoms with van der Waals surface area (Å²) in [7, 11) is 0. The molecule has 0 saturated carbocycles. The molecule has 2 unspecified atom stereocenters. The smallest absolute Gasteiger partial charge is 0.327 e. The number of rotatable bonds is 10. The molecule has 0 radical (unpaired) electrons. The predicted molar refractivity (Wildman–Crippen MR) is 91.3 cm³/mol. The van der Waals surface area contributed by atoms with Crippen LogP contribution >= 0.6 is 0 Å². The molecule has 0 bridgehead atoms. The molecule has 0 aromatic heterocycles. The molecule has 2 aliphatic rings. The molecule has 2 saturated heterocycles. The molecule has 0 spiro atoms. The summed E-state index contributed by atoms with van der Waals surface area (Å²) in [6.45, 7) is 7.87. The zero-order chi connectivity index (χ0) is 19.4. The molecule has 0 aliphatic carbocycles. The molecule has 2 fully saturated rings. The van der Waals surface area contributed by atoms with E-state index in [1.165, 1.54) is 19.6 Å². The lowest BCUT2D eigenvalue weighted by molar-refractivity contribution is -0.0648. The van der Waals surface area contributed by atoms with Crippen LogP contribution in [0.25, 0.3) is 0 Å². The normalized spacial score (nSPS) is 25.3. The van der Waals surface area contributed by atoms with Crippen LogP contribution in [0.3, 0.4) is 0 Å². The van der Waals surface area contributed by atoms with Crippen molar-refractivity contribution >= 4 is 12.1 Å². The first-order chi connectivity index (χ1) is 12.4. The number of hydrogen-bond acceptors (Lipinski definition) is 6. The van der Waals surface area contributed by atoms with Gasteiger partial charge in [-0.3, -0.25) is 19.6 Å². The Kier molecular flexibility index (Phi) is 7.04. The standard InChI is InChI=1S/C16H30N4O6/c1-5-11(21)19-14-13(17(15(19)23)9-25-7-3)18(10-26-8-4)16(24)20(14)12(22)6-2/h11-14,21-22H,5-10H2,1-4H3. The fourth-order valence-electron chi connectivity index (χ4n) is 3.30. The lowest BCUT2D eigenvalue weighted by Crippen LogP contribution is -2.54. The average Bonchev–Trinajstić information content (AvgIpc) is 3.07. The Morgan fingerprint density at radius 3 is 1.50 bits per heavy atom. The minimum Gasteiger partial charge on any atom is -0.373 e. The average molecular weight is 374 g/mol. The van der Waals surface area contributed by atoms with Gasteiger partial charge in [0.15, 0.2) is 12.3 Å². The first kappa shape index (κ1) is 20.7. The maximum absolute atomic E-state index is 12.9. The van der Waals surface area contributed by atoms with Gasteiger partial charge in [-0.05, 0) is 26.7 Å². The van der Waals surface area contributed by atoms with Crippen molar-refractivity contribution in [2.45, 2.75) is 65.3 Å². The second-order valence-corrected chi connectivity index (χ2v) is 6.17. The molecule has 26 heavy (non-hydrogen) atoms. The highest BCUT2D eigenvalue weighted by molar-refractivity contribution is 5.85. The lowest BCUT2D eigenvalue weighted by atomic mass is 10.3. The third-order valence-corrected chi connectivity index (χ3v) is 4.65. The highest BCUT2D eigenvalue weighted by Gasteiger charge is 2.61. The van der Waals surface area contributed by atoms with Gasteiger partial charge in [0.25, 0.3) is 0 Å². The molecule has 2 aliphatic heterocycles. The summed E-state index contributed by atoms with van der Waals surface area (Å²) >= 11 is 0. The van der Waals surface area contributed by atoms with Crippen LogP contribution in [0.2, 0.25) is 0 Å². The van der Waals surface area contributed by atoms with Gasteiger partial charge in [-0.1, -0.05) is 13.8 Å². The summed E-state index contributed by atoms with van der Waals surface area (Å²) in [6, 6.07) is -0.879. The van der Waals surface area contributed by atoms with Crippen LogP contribution in [0.4, 0.5) is 9.59 Å². The van der Waals surface area contributed by atoms with Crippen molar-refractivity contribution in [3.63, 3.8) is 0 Å². The van der Waals surface area contributed by atoms with Gasteiger partial charge in [0.1, 0.15) is 25.9 Å². The molecule has 150 valence electrons. The van der Waals surface area contributed by atoms with Crippen molar-refractivity contribution in [3.8, 4) is 0 Å². The van der Waals surface area contributed by atoms with Gasteiger partial charge in [0.05, 0.1) is 0 Å². The third kappa shape index (κ3) is 3.46. The molecule has 10 nitrogen and oxygen atoms in total. The summed E-state index contributed by atoms with van der Waals surface area (Å²) in [5, 5.41) is 20.8. The first-order valence-electron chi connectivity index (χ1n) is 9.13. The molecule has 2 atom stereocenters. The Morgan fingerprint density at radius 1 is 0.808 bits per heavy atom. The predicted octanol–water partition coefficient (Wildman–Crippen LogP) is 0.559. The van der Waals surface area contributed by atoms with Crippen molar-refractivity contribution in [3.05, 3.63) is 0 Å². The Balaban J connectivity index is 2.45. The number of fused-ring (bicyclic) bond motifs is 1. The Labute approximate surface area is 153 Å². The summed E-state index contributed by atoms with van der Waals surface area (Å²) in [4.78, 5) is 31.1. The molecular formula is C16H30N4O6. The van der Waals surface area contributed by atoms with Crippen molar-refractivity contribution in [1.29, 1.82) is 0 Å². The molecule has 10 heteroatoms. The largest absolute Gasteiger partial charge is 0.373 e. The SMILES string of the molecule is CCOCN1C(=O)N(C(O)CC)C2C1N(COCC)C(=O)N2C(O)CC. The van der Waals surface area contributed by atoms with Gasteiger partial charge in [0, 0.05) is 13.2 Å². The molecule has 0 aromatic rings. The minimum atomic E-state index is -1.08. The van der Waals surface area contributed by atoms with Crippen LogP contribution in [0.15, 0.2) is 0 Å². The number of nitrogens with zero attached hydrogens (tertiary/aromatic N) is 4. The van der Waals surface area contributed by atoms with Gasteiger partial charge in [-0.15, -0.1) is 0 Å².